The molecule has 0 radical (unpaired) electrons. The summed E-state index contributed by atoms with van der Waals surface area (Å²) < 4.78 is 5.57. The van der Waals surface area contributed by atoms with E-state index >= 15 is 0 Å². The Morgan fingerprint density at radius 1 is 1.05 bits per heavy atom. The van der Waals surface area contributed by atoms with Gasteiger partial charge in [-0.15, -0.1) is 0 Å². The maximum atomic E-state index is 12.0. The van der Waals surface area contributed by atoms with Gasteiger partial charge in [0.15, 0.2) is 0 Å². The molecule has 0 saturated carbocycles. The lowest BCUT2D eigenvalue weighted by Gasteiger charge is -2.22. The number of hydrogen-bond donors (Lipinski definition) is 0. The first-order valence-electron chi connectivity index (χ1n) is 6.58. The summed E-state index contributed by atoms with van der Waals surface area (Å²) in [6.45, 7) is 7.52. The van der Waals surface area contributed by atoms with Crippen LogP contribution in [0.2, 0.25) is 0 Å². The quantitative estimate of drug-likeness (QED) is 0.740. The van der Waals surface area contributed by atoms with E-state index in [1.54, 1.807) is 0 Å². The Balaban J connectivity index is 2.32. The highest BCUT2D eigenvalue weighted by Gasteiger charge is 2.25. The Morgan fingerprint density at radius 2 is 1.68 bits per heavy atom. The molecule has 2 nitrogen and oxygen atoms in total. The van der Waals surface area contributed by atoms with E-state index in [-0.39, 0.29) is 12.1 Å². The van der Waals surface area contributed by atoms with Crippen molar-refractivity contribution in [1.82, 2.24) is 0 Å². The molecule has 19 heavy (non-hydrogen) atoms. The highest BCUT2D eigenvalue weighted by molar-refractivity contribution is 5.86. The van der Waals surface area contributed by atoms with Crippen LogP contribution < -0.4 is 0 Å². The summed E-state index contributed by atoms with van der Waals surface area (Å²) in [6.07, 6.45) is -0.238. The van der Waals surface area contributed by atoms with Crippen LogP contribution in [0.1, 0.15) is 39.4 Å². The minimum Gasteiger partial charge on any atom is -0.457 e. The Labute approximate surface area is 114 Å². The molecule has 2 aromatic carbocycles. The number of esters is 1. The average Bonchev–Trinajstić information content (AvgIpc) is 2.36. The van der Waals surface area contributed by atoms with E-state index in [1.807, 2.05) is 52.0 Å². The normalized spacial score (nSPS) is 13.3. The van der Waals surface area contributed by atoms with Crippen molar-refractivity contribution in [3.05, 3.63) is 48.0 Å². The third-order valence-electron chi connectivity index (χ3n) is 3.16. The molecule has 0 amide bonds. The molecule has 2 aromatic rings. The number of carbonyl (C=O) groups excluding carboxylic acids is 1. The third-order valence-corrected chi connectivity index (χ3v) is 3.16. The molecule has 0 unspecified atom stereocenters. The molecule has 0 aliphatic heterocycles. The molecule has 2 rings (SSSR count). The van der Waals surface area contributed by atoms with E-state index in [9.17, 15) is 4.79 Å². The fourth-order valence-corrected chi connectivity index (χ4v) is 2.01. The zero-order valence-corrected chi connectivity index (χ0v) is 11.9. The second kappa shape index (κ2) is 5.04. The number of fused-ring (bicyclic) bond motifs is 1. The van der Waals surface area contributed by atoms with Crippen molar-refractivity contribution in [3.8, 4) is 0 Å². The topological polar surface area (TPSA) is 26.3 Å². The highest BCUT2D eigenvalue weighted by Crippen LogP contribution is 2.28. The summed E-state index contributed by atoms with van der Waals surface area (Å²) in [5.41, 5.74) is 0.578. The van der Waals surface area contributed by atoms with Gasteiger partial charge >= 0.3 is 5.97 Å². The Morgan fingerprint density at radius 3 is 2.37 bits per heavy atom. The van der Waals surface area contributed by atoms with Crippen molar-refractivity contribution in [2.45, 2.75) is 33.8 Å². The van der Waals surface area contributed by atoms with Gasteiger partial charge in [0.05, 0.1) is 5.41 Å². The fraction of sp³-hybridized carbons (Fsp3) is 0.353. The second-order valence-corrected chi connectivity index (χ2v) is 5.87. The zero-order valence-electron chi connectivity index (χ0n) is 11.9. The summed E-state index contributed by atoms with van der Waals surface area (Å²) in [6, 6.07) is 14.2. The number of hydrogen-bond acceptors (Lipinski definition) is 2. The van der Waals surface area contributed by atoms with Gasteiger partial charge in [-0.2, -0.15) is 0 Å². The minimum absolute atomic E-state index is 0.173. The maximum Gasteiger partial charge on any atom is 0.311 e. The first kappa shape index (κ1) is 13.6. The number of rotatable bonds is 2. The highest BCUT2D eigenvalue weighted by atomic mass is 16.5. The Bertz CT molecular complexity index is 588. The van der Waals surface area contributed by atoms with E-state index < -0.39 is 5.41 Å². The summed E-state index contributed by atoms with van der Waals surface area (Å²) in [5.74, 6) is -0.173. The van der Waals surface area contributed by atoms with Gasteiger partial charge in [-0.1, -0.05) is 42.5 Å². The molecule has 0 N–H and O–H groups in total. The van der Waals surface area contributed by atoms with Gasteiger partial charge in [0.2, 0.25) is 0 Å². The molecule has 0 aliphatic carbocycles. The molecule has 2 heteroatoms. The summed E-state index contributed by atoms with van der Waals surface area (Å²) >= 11 is 0. The lowest BCUT2D eigenvalue weighted by atomic mass is 9.96. The molecule has 0 heterocycles. The van der Waals surface area contributed by atoms with Gasteiger partial charge in [0.1, 0.15) is 6.10 Å². The van der Waals surface area contributed by atoms with Crippen LogP contribution in [0.5, 0.6) is 0 Å². The predicted molar refractivity (Wildman–Crippen MR) is 77.9 cm³/mol. The molecule has 0 saturated heterocycles. The predicted octanol–water partition coefficient (Wildman–Crippen LogP) is 4.49. The van der Waals surface area contributed by atoms with Gasteiger partial charge in [-0.05, 0) is 44.0 Å². The van der Waals surface area contributed by atoms with Crippen molar-refractivity contribution in [3.63, 3.8) is 0 Å². The second-order valence-electron chi connectivity index (χ2n) is 5.87. The van der Waals surface area contributed by atoms with Gasteiger partial charge < -0.3 is 4.74 Å². The molecule has 0 bridgehead atoms. The van der Waals surface area contributed by atoms with Crippen LogP contribution in [0, 0.1) is 5.41 Å². The van der Waals surface area contributed by atoms with E-state index in [4.69, 9.17) is 4.74 Å². The molecule has 0 aromatic heterocycles. The summed E-state index contributed by atoms with van der Waals surface area (Å²) in [7, 11) is 0. The van der Waals surface area contributed by atoms with Crippen LogP contribution in [-0.4, -0.2) is 5.97 Å². The number of ether oxygens (including phenoxy) is 1. The maximum absolute atomic E-state index is 12.0. The summed E-state index contributed by atoms with van der Waals surface area (Å²) in [5, 5.41) is 2.30. The molecular weight excluding hydrogens is 236 g/mol. The van der Waals surface area contributed by atoms with Crippen molar-refractivity contribution in [1.29, 1.82) is 0 Å². The van der Waals surface area contributed by atoms with Crippen LogP contribution in [0.3, 0.4) is 0 Å². The van der Waals surface area contributed by atoms with Gasteiger partial charge in [0, 0.05) is 0 Å². The van der Waals surface area contributed by atoms with Crippen LogP contribution in [0.15, 0.2) is 42.5 Å². The van der Waals surface area contributed by atoms with E-state index in [0.717, 1.165) is 10.9 Å². The van der Waals surface area contributed by atoms with Crippen LogP contribution in [0.4, 0.5) is 0 Å². The monoisotopic (exact) mass is 256 g/mol. The fourth-order valence-electron chi connectivity index (χ4n) is 2.01. The average molecular weight is 256 g/mol. The van der Waals surface area contributed by atoms with Crippen molar-refractivity contribution < 1.29 is 9.53 Å². The Hall–Kier alpha value is -1.83. The van der Waals surface area contributed by atoms with Gasteiger partial charge in [0.25, 0.3) is 0 Å². The SMILES string of the molecule is C[C@H](OC(=O)C(C)(C)C)c1cccc2ccccc12. The number of carbonyl (C=O) groups is 1. The van der Waals surface area contributed by atoms with Crippen LogP contribution in [-0.2, 0) is 9.53 Å². The molecule has 0 spiro atoms. The van der Waals surface area contributed by atoms with E-state index in [0.29, 0.717) is 0 Å². The van der Waals surface area contributed by atoms with Crippen LogP contribution >= 0.6 is 0 Å². The first-order chi connectivity index (χ1) is 8.89. The van der Waals surface area contributed by atoms with Crippen molar-refractivity contribution >= 4 is 16.7 Å². The zero-order chi connectivity index (χ0) is 14.0. The third kappa shape index (κ3) is 2.95. The molecule has 100 valence electrons. The van der Waals surface area contributed by atoms with Gasteiger partial charge in [-0.25, -0.2) is 0 Å². The summed E-state index contributed by atoms with van der Waals surface area (Å²) in [4.78, 5) is 12.0. The largest absolute Gasteiger partial charge is 0.457 e. The Kier molecular flexibility index (Phi) is 3.61. The molecule has 1 atom stereocenters. The van der Waals surface area contributed by atoms with E-state index in [1.165, 1.54) is 5.39 Å². The van der Waals surface area contributed by atoms with E-state index in [2.05, 4.69) is 18.2 Å². The lowest BCUT2D eigenvalue weighted by Crippen LogP contribution is -2.24. The van der Waals surface area contributed by atoms with Gasteiger partial charge in [-0.3, -0.25) is 4.79 Å². The van der Waals surface area contributed by atoms with Crippen molar-refractivity contribution in [2.24, 2.45) is 5.41 Å². The molecule has 0 fully saturated rings. The molecular formula is C17H20O2. The molecule has 0 aliphatic rings. The van der Waals surface area contributed by atoms with Crippen molar-refractivity contribution in [2.75, 3.05) is 0 Å². The minimum atomic E-state index is -0.473. The smallest absolute Gasteiger partial charge is 0.311 e. The standard InChI is InChI=1S/C17H20O2/c1-12(19-16(18)17(2,3)4)14-11-7-9-13-8-5-6-10-15(13)14/h5-12H,1-4H3/t12-/m0/s1. The lowest BCUT2D eigenvalue weighted by molar-refractivity contribution is -0.158. The first-order valence-corrected chi connectivity index (χ1v) is 6.58. The van der Waals surface area contributed by atoms with Crippen LogP contribution in [0.25, 0.3) is 10.8 Å². The number of benzene rings is 2.